The van der Waals surface area contributed by atoms with E-state index >= 15 is 0 Å². The highest BCUT2D eigenvalue weighted by Gasteiger charge is 2.22. The maximum atomic E-state index is 13.1. The Morgan fingerprint density at radius 1 is 1.24 bits per heavy atom. The molecular formula is C19H24FN3O2. The number of nitrogens with one attached hydrogen (secondary N) is 1. The van der Waals surface area contributed by atoms with Gasteiger partial charge in [0.05, 0.1) is 18.5 Å². The van der Waals surface area contributed by atoms with Gasteiger partial charge in [0.15, 0.2) is 11.4 Å². The van der Waals surface area contributed by atoms with E-state index in [1.165, 1.54) is 25.0 Å². The summed E-state index contributed by atoms with van der Waals surface area (Å²) in [5.74, 6) is -0.0820. The molecule has 25 heavy (non-hydrogen) atoms. The van der Waals surface area contributed by atoms with E-state index in [0.717, 1.165) is 25.7 Å². The first-order chi connectivity index (χ1) is 12.2. The third-order valence-corrected chi connectivity index (χ3v) is 4.48. The molecule has 2 aromatic rings. The quantitative estimate of drug-likeness (QED) is 0.837. The monoisotopic (exact) mass is 345 g/mol. The second-order valence-corrected chi connectivity index (χ2v) is 6.36. The van der Waals surface area contributed by atoms with Gasteiger partial charge >= 0.3 is 0 Å². The molecule has 1 aromatic heterocycles. The van der Waals surface area contributed by atoms with Gasteiger partial charge in [-0.15, -0.1) is 0 Å². The molecule has 1 saturated carbocycles. The first kappa shape index (κ1) is 17.5. The Kier molecular flexibility index (Phi) is 5.68. The fourth-order valence-electron chi connectivity index (χ4n) is 3.18. The molecule has 0 saturated heterocycles. The van der Waals surface area contributed by atoms with Crippen molar-refractivity contribution in [3.05, 3.63) is 42.0 Å². The summed E-state index contributed by atoms with van der Waals surface area (Å²) in [6, 6.07) is 6.15. The van der Waals surface area contributed by atoms with Gasteiger partial charge in [-0.3, -0.25) is 4.79 Å². The van der Waals surface area contributed by atoms with E-state index in [4.69, 9.17) is 4.74 Å². The van der Waals surface area contributed by atoms with Gasteiger partial charge in [-0.1, -0.05) is 25.7 Å². The van der Waals surface area contributed by atoms with Crippen molar-refractivity contribution in [3.8, 4) is 11.4 Å². The van der Waals surface area contributed by atoms with E-state index in [-0.39, 0.29) is 23.5 Å². The molecule has 0 bridgehead atoms. The van der Waals surface area contributed by atoms with Crippen LogP contribution in [-0.4, -0.2) is 28.3 Å². The lowest BCUT2D eigenvalue weighted by Crippen LogP contribution is -2.35. The molecule has 0 unspecified atom stereocenters. The van der Waals surface area contributed by atoms with Crippen molar-refractivity contribution >= 4 is 5.91 Å². The zero-order chi connectivity index (χ0) is 17.6. The molecule has 1 aromatic carbocycles. The van der Waals surface area contributed by atoms with Crippen LogP contribution in [0.3, 0.4) is 0 Å². The summed E-state index contributed by atoms with van der Waals surface area (Å²) < 4.78 is 20.2. The van der Waals surface area contributed by atoms with Crippen LogP contribution in [0.15, 0.2) is 30.5 Å². The number of aromatic nitrogens is 2. The van der Waals surface area contributed by atoms with Crippen molar-refractivity contribution < 1.29 is 13.9 Å². The fourth-order valence-corrected chi connectivity index (χ4v) is 3.18. The molecule has 1 N–H and O–H groups in total. The largest absolute Gasteiger partial charge is 0.490 e. The van der Waals surface area contributed by atoms with Crippen molar-refractivity contribution in [1.82, 2.24) is 15.1 Å². The predicted octanol–water partition coefficient (Wildman–Crippen LogP) is 3.86. The molecule has 5 nitrogen and oxygen atoms in total. The van der Waals surface area contributed by atoms with Crippen molar-refractivity contribution in [2.45, 2.75) is 51.5 Å². The van der Waals surface area contributed by atoms with Crippen LogP contribution in [0.1, 0.15) is 55.9 Å². The second kappa shape index (κ2) is 8.14. The Morgan fingerprint density at radius 2 is 1.92 bits per heavy atom. The first-order valence-electron chi connectivity index (χ1n) is 8.96. The lowest BCUT2D eigenvalue weighted by molar-refractivity contribution is 0.0924. The number of amides is 1. The van der Waals surface area contributed by atoms with Gasteiger partial charge in [0.2, 0.25) is 0 Å². The second-order valence-electron chi connectivity index (χ2n) is 6.36. The van der Waals surface area contributed by atoms with Crippen LogP contribution in [0.4, 0.5) is 4.39 Å². The van der Waals surface area contributed by atoms with Gasteiger partial charge in [-0.2, -0.15) is 5.10 Å². The number of ether oxygens (including phenoxy) is 1. The Balaban J connectivity index is 1.80. The third-order valence-electron chi connectivity index (χ3n) is 4.48. The van der Waals surface area contributed by atoms with Crippen molar-refractivity contribution in [2.24, 2.45) is 0 Å². The van der Waals surface area contributed by atoms with E-state index in [1.807, 2.05) is 6.92 Å². The average molecular weight is 345 g/mol. The minimum absolute atomic E-state index is 0.195. The van der Waals surface area contributed by atoms with Crippen molar-refractivity contribution in [1.29, 1.82) is 0 Å². The zero-order valence-electron chi connectivity index (χ0n) is 14.5. The van der Waals surface area contributed by atoms with Gasteiger partial charge in [0.25, 0.3) is 5.91 Å². The number of hydrogen-bond donors (Lipinski definition) is 1. The minimum Gasteiger partial charge on any atom is -0.490 e. The first-order valence-corrected chi connectivity index (χ1v) is 8.96. The lowest BCUT2D eigenvalue weighted by atomic mass is 10.1. The van der Waals surface area contributed by atoms with Crippen molar-refractivity contribution in [2.75, 3.05) is 6.61 Å². The molecule has 6 heteroatoms. The number of halogens is 1. The van der Waals surface area contributed by atoms with Crippen molar-refractivity contribution in [3.63, 3.8) is 0 Å². The lowest BCUT2D eigenvalue weighted by Gasteiger charge is -2.15. The minimum atomic E-state index is -0.313. The molecule has 1 aliphatic rings. The van der Waals surface area contributed by atoms with Crippen LogP contribution in [0.2, 0.25) is 0 Å². The van der Waals surface area contributed by atoms with Crippen LogP contribution < -0.4 is 10.1 Å². The van der Waals surface area contributed by atoms with E-state index < -0.39 is 0 Å². The summed E-state index contributed by atoms with van der Waals surface area (Å²) in [6.45, 7) is 2.31. The number of carbonyl (C=O) groups is 1. The zero-order valence-corrected chi connectivity index (χ0v) is 14.5. The maximum absolute atomic E-state index is 13.1. The maximum Gasteiger partial charge on any atom is 0.275 e. The SMILES string of the molecule is CCOc1cn(-c2ccc(F)cc2)nc1C(=O)NC1CCCCCC1. The molecule has 1 aliphatic carbocycles. The Morgan fingerprint density at radius 3 is 2.56 bits per heavy atom. The molecule has 3 rings (SSSR count). The average Bonchev–Trinajstić information content (AvgIpc) is 2.85. The summed E-state index contributed by atoms with van der Waals surface area (Å²) in [4.78, 5) is 12.7. The molecule has 0 radical (unpaired) electrons. The highest BCUT2D eigenvalue weighted by atomic mass is 19.1. The summed E-state index contributed by atoms with van der Waals surface area (Å²) in [5, 5.41) is 7.47. The Hall–Kier alpha value is -2.37. The van der Waals surface area contributed by atoms with E-state index in [9.17, 15) is 9.18 Å². The summed E-state index contributed by atoms with van der Waals surface area (Å²) in [7, 11) is 0. The van der Waals surface area contributed by atoms with Crippen LogP contribution in [-0.2, 0) is 0 Å². The Labute approximate surface area is 147 Å². The third kappa shape index (κ3) is 4.38. The number of carbonyl (C=O) groups excluding carboxylic acids is 1. The van der Waals surface area contributed by atoms with Crippen LogP contribution in [0.5, 0.6) is 5.75 Å². The van der Waals surface area contributed by atoms with E-state index in [1.54, 1.807) is 23.0 Å². The molecule has 1 fully saturated rings. The number of benzene rings is 1. The van der Waals surface area contributed by atoms with Gasteiger partial charge in [0.1, 0.15) is 5.82 Å². The smallest absolute Gasteiger partial charge is 0.275 e. The van der Waals surface area contributed by atoms with E-state index in [0.29, 0.717) is 18.0 Å². The molecule has 1 heterocycles. The van der Waals surface area contributed by atoms with E-state index in [2.05, 4.69) is 10.4 Å². The summed E-state index contributed by atoms with van der Waals surface area (Å²) >= 11 is 0. The van der Waals surface area contributed by atoms with Gasteiger partial charge in [-0.05, 0) is 44.0 Å². The highest BCUT2D eigenvalue weighted by Crippen LogP contribution is 2.22. The Bertz CT molecular complexity index is 704. The highest BCUT2D eigenvalue weighted by molar-refractivity contribution is 5.95. The van der Waals surface area contributed by atoms with Gasteiger partial charge in [-0.25, -0.2) is 9.07 Å². The molecule has 0 aliphatic heterocycles. The topological polar surface area (TPSA) is 56.2 Å². The van der Waals surface area contributed by atoms with Gasteiger partial charge in [0, 0.05) is 6.04 Å². The predicted molar refractivity (Wildman–Crippen MR) is 93.6 cm³/mol. The van der Waals surface area contributed by atoms with Crippen LogP contribution in [0.25, 0.3) is 5.69 Å². The van der Waals surface area contributed by atoms with Gasteiger partial charge < -0.3 is 10.1 Å². The molecule has 0 spiro atoms. The molecule has 0 atom stereocenters. The fraction of sp³-hybridized carbons (Fsp3) is 0.474. The normalized spacial score (nSPS) is 15.6. The van der Waals surface area contributed by atoms with Crippen LogP contribution >= 0.6 is 0 Å². The number of rotatable bonds is 5. The van der Waals surface area contributed by atoms with Crippen LogP contribution in [0, 0.1) is 5.82 Å². The summed E-state index contributed by atoms with van der Waals surface area (Å²) in [6.07, 6.45) is 8.44. The number of nitrogens with zero attached hydrogens (tertiary/aromatic N) is 2. The molecule has 1 amide bonds. The summed E-state index contributed by atoms with van der Waals surface area (Å²) in [5.41, 5.74) is 0.950. The number of hydrogen-bond acceptors (Lipinski definition) is 3. The molecule has 134 valence electrons. The molecular weight excluding hydrogens is 321 g/mol. The standard InChI is InChI=1S/C19H24FN3O2/c1-2-25-17-13-23(16-11-9-14(20)10-12-16)22-18(17)19(24)21-15-7-5-3-4-6-8-15/h9-13,15H,2-8H2,1H3,(H,21,24).